The lowest BCUT2D eigenvalue weighted by Gasteiger charge is -2.32. The van der Waals surface area contributed by atoms with Gasteiger partial charge < -0.3 is 23.7 Å². The van der Waals surface area contributed by atoms with Gasteiger partial charge in [0.05, 0.1) is 49.4 Å². The van der Waals surface area contributed by atoms with E-state index in [0.29, 0.717) is 55.1 Å². The zero-order valence-electron chi connectivity index (χ0n) is 20.4. The predicted octanol–water partition coefficient (Wildman–Crippen LogP) is 3.51. The predicted molar refractivity (Wildman–Crippen MR) is 133 cm³/mol. The second-order valence-electron chi connectivity index (χ2n) is 9.10. The van der Waals surface area contributed by atoms with Crippen molar-refractivity contribution in [2.24, 2.45) is 0 Å². The number of rotatable bonds is 4. The van der Waals surface area contributed by atoms with Crippen molar-refractivity contribution in [3.63, 3.8) is 0 Å². The van der Waals surface area contributed by atoms with Crippen LogP contribution in [0.5, 0.6) is 0 Å². The largest absolute Gasteiger partial charge is 0.453 e. The van der Waals surface area contributed by atoms with Crippen molar-refractivity contribution in [2.45, 2.75) is 32.3 Å². The average Bonchev–Trinajstić information content (AvgIpc) is 3.52. The van der Waals surface area contributed by atoms with Gasteiger partial charge in [-0.2, -0.15) is 5.26 Å². The van der Waals surface area contributed by atoms with Crippen LogP contribution in [-0.2, 0) is 20.7 Å². The van der Waals surface area contributed by atoms with Gasteiger partial charge in [-0.1, -0.05) is 0 Å². The quantitative estimate of drug-likeness (QED) is 0.522. The fourth-order valence-electron chi connectivity index (χ4n) is 5.03. The molecule has 1 atom stereocenters. The molecule has 0 radical (unpaired) electrons. The van der Waals surface area contributed by atoms with Crippen LogP contribution < -0.4 is 4.90 Å². The Balaban J connectivity index is 1.56. The number of allylic oxidation sites excluding steroid dienone is 1. The average molecular weight is 486 g/mol. The molecule has 0 bridgehead atoms. The molecule has 9 heteroatoms. The molecule has 1 amide bonds. The summed E-state index contributed by atoms with van der Waals surface area (Å²) < 4.78 is 12.9. The van der Waals surface area contributed by atoms with Gasteiger partial charge in [0.15, 0.2) is 0 Å². The molecular weight excluding hydrogens is 458 g/mol. The van der Waals surface area contributed by atoms with Crippen molar-refractivity contribution in [1.82, 2.24) is 14.3 Å². The molecule has 1 aromatic carbocycles. The van der Waals surface area contributed by atoms with Crippen LogP contribution in [0.25, 0.3) is 16.9 Å². The number of pyridine rings is 1. The fraction of sp³-hybridized carbons (Fsp3) is 0.370. The summed E-state index contributed by atoms with van der Waals surface area (Å²) in [4.78, 5) is 31.9. The van der Waals surface area contributed by atoms with Crippen molar-refractivity contribution >= 4 is 23.4 Å². The number of nitrogens with zero attached hydrogens (tertiary/aromatic N) is 5. The van der Waals surface area contributed by atoms with Crippen LogP contribution in [0.4, 0.5) is 10.5 Å². The number of methoxy groups -OCH3 is 1. The van der Waals surface area contributed by atoms with Crippen LogP contribution in [0, 0.1) is 18.3 Å². The second-order valence-corrected chi connectivity index (χ2v) is 9.10. The number of carbonyl (C=O) groups excluding carboxylic acids is 2. The van der Waals surface area contributed by atoms with Crippen molar-refractivity contribution < 1.29 is 19.1 Å². The van der Waals surface area contributed by atoms with E-state index in [2.05, 4.69) is 6.07 Å². The molecule has 2 aromatic heterocycles. The van der Waals surface area contributed by atoms with Crippen LogP contribution in [0.15, 0.2) is 42.2 Å². The summed E-state index contributed by atoms with van der Waals surface area (Å²) in [6.45, 7) is 4.05. The molecule has 0 unspecified atom stereocenters. The van der Waals surface area contributed by atoms with Crippen molar-refractivity contribution in [1.29, 1.82) is 5.26 Å². The SMILES string of the molecule is COC(=O)N1CCO[C@@H](Cc2c(-c3ccc(N4CCCC4=C=O)cc3C#N)nc3cc(C)ccn23)C1. The van der Waals surface area contributed by atoms with E-state index in [1.807, 2.05) is 58.7 Å². The van der Waals surface area contributed by atoms with Crippen molar-refractivity contribution in [2.75, 3.05) is 38.3 Å². The molecule has 3 aromatic rings. The van der Waals surface area contributed by atoms with E-state index in [9.17, 15) is 14.9 Å². The number of morpholine rings is 1. The van der Waals surface area contributed by atoms with Crippen LogP contribution >= 0.6 is 0 Å². The summed E-state index contributed by atoms with van der Waals surface area (Å²) in [6, 6.07) is 12.0. The van der Waals surface area contributed by atoms with Gasteiger partial charge in [-0.25, -0.2) is 14.6 Å². The topological polar surface area (TPSA) is 100 Å². The summed E-state index contributed by atoms with van der Waals surface area (Å²) in [5, 5.41) is 10.1. The van der Waals surface area contributed by atoms with E-state index < -0.39 is 0 Å². The molecule has 9 nitrogen and oxygen atoms in total. The number of imidazole rings is 1. The fourth-order valence-corrected chi connectivity index (χ4v) is 5.03. The molecule has 0 saturated carbocycles. The highest BCUT2D eigenvalue weighted by Crippen LogP contribution is 2.34. The third-order valence-corrected chi connectivity index (χ3v) is 6.80. The van der Waals surface area contributed by atoms with Gasteiger partial charge in [-0.15, -0.1) is 0 Å². The number of anilines is 1. The van der Waals surface area contributed by atoms with Gasteiger partial charge in [-0.3, -0.25) is 0 Å². The van der Waals surface area contributed by atoms with Crippen LogP contribution in [0.3, 0.4) is 0 Å². The molecule has 0 N–H and O–H groups in total. The van der Waals surface area contributed by atoms with Gasteiger partial charge >= 0.3 is 6.09 Å². The maximum absolute atomic E-state index is 12.1. The third kappa shape index (κ3) is 4.33. The summed E-state index contributed by atoms with van der Waals surface area (Å²) in [5.74, 6) is 2.03. The number of hydrogen-bond acceptors (Lipinski definition) is 7. The molecule has 2 saturated heterocycles. The van der Waals surface area contributed by atoms with Crippen LogP contribution in [0.2, 0.25) is 0 Å². The lowest BCUT2D eigenvalue weighted by molar-refractivity contribution is -0.0241. The Kier molecular flexibility index (Phi) is 6.47. The second kappa shape index (κ2) is 9.86. The van der Waals surface area contributed by atoms with Crippen molar-refractivity contribution in [3.8, 4) is 17.3 Å². The molecule has 2 fully saturated rings. The summed E-state index contributed by atoms with van der Waals surface area (Å²) in [7, 11) is 1.38. The smallest absolute Gasteiger partial charge is 0.409 e. The number of hydrogen-bond donors (Lipinski definition) is 0. The van der Waals surface area contributed by atoms with Crippen molar-refractivity contribution in [3.05, 3.63) is 59.0 Å². The van der Waals surface area contributed by atoms with E-state index in [4.69, 9.17) is 14.5 Å². The Hall–Kier alpha value is -4.12. The van der Waals surface area contributed by atoms with Gasteiger partial charge in [0.1, 0.15) is 17.3 Å². The number of nitriles is 1. The highest BCUT2D eigenvalue weighted by atomic mass is 16.5. The molecular formula is C27H27N5O4. The Morgan fingerprint density at radius 1 is 1.28 bits per heavy atom. The van der Waals surface area contributed by atoms with Gasteiger partial charge in [0.25, 0.3) is 0 Å². The standard InChI is InChI=1S/C27H27N5O4/c1-18-7-9-32-24(14-22-16-30(10-11-36-22)27(34)35-2)26(29-25(32)12-18)23-6-5-20(13-19(23)15-28)31-8-3-4-21(31)17-33/h5-7,9,12-13,22H,3-4,8,10-11,14,16H2,1-2H3/t22-/m0/s1. The molecule has 2 aliphatic rings. The Bertz CT molecular complexity index is 1420. The zero-order valence-corrected chi connectivity index (χ0v) is 20.4. The lowest BCUT2D eigenvalue weighted by Crippen LogP contribution is -2.46. The molecule has 0 spiro atoms. The first kappa shape index (κ1) is 23.6. The lowest BCUT2D eigenvalue weighted by atomic mass is 10.00. The number of carbonyl (C=O) groups is 1. The number of aryl methyl sites for hydroxylation is 1. The summed E-state index contributed by atoms with van der Waals surface area (Å²) in [5.41, 5.74) is 6.07. The monoisotopic (exact) mass is 485 g/mol. The minimum absolute atomic E-state index is 0.243. The minimum atomic E-state index is -0.370. The molecule has 4 heterocycles. The first-order valence-electron chi connectivity index (χ1n) is 12.0. The Morgan fingerprint density at radius 2 is 2.14 bits per heavy atom. The van der Waals surface area contributed by atoms with E-state index in [1.54, 1.807) is 4.90 Å². The van der Waals surface area contributed by atoms with E-state index in [0.717, 1.165) is 35.6 Å². The number of benzene rings is 1. The maximum Gasteiger partial charge on any atom is 0.409 e. The zero-order chi connectivity index (χ0) is 25.2. The molecule has 5 rings (SSSR count). The summed E-state index contributed by atoms with van der Waals surface area (Å²) in [6.07, 6.45) is 3.44. The van der Waals surface area contributed by atoms with Gasteiger partial charge in [0, 0.05) is 43.4 Å². The molecule has 184 valence electrons. The first-order valence-corrected chi connectivity index (χ1v) is 12.0. The normalized spacial score (nSPS) is 17.8. The van der Waals surface area contributed by atoms with Crippen LogP contribution in [0.1, 0.15) is 29.7 Å². The maximum atomic E-state index is 12.1. The van der Waals surface area contributed by atoms with Gasteiger partial charge in [-0.05, 0) is 49.2 Å². The molecule has 36 heavy (non-hydrogen) atoms. The minimum Gasteiger partial charge on any atom is -0.453 e. The Morgan fingerprint density at radius 3 is 2.92 bits per heavy atom. The Labute approximate surface area is 209 Å². The highest BCUT2D eigenvalue weighted by molar-refractivity contribution is 5.77. The third-order valence-electron chi connectivity index (χ3n) is 6.80. The number of aromatic nitrogens is 2. The first-order chi connectivity index (χ1) is 17.5. The van der Waals surface area contributed by atoms with E-state index in [-0.39, 0.29) is 12.2 Å². The molecule has 2 aliphatic heterocycles. The van der Waals surface area contributed by atoms with Gasteiger partial charge in [0.2, 0.25) is 0 Å². The summed E-state index contributed by atoms with van der Waals surface area (Å²) >= 11 is 0. The number of amides is 1. The van der Waals surface area contributed by atoms with Crippen LogP contribution in [-0.4, -0.2) is 65.8 Å². The number of fused-ring (bicyclic) bond motifs is 1. The van der Waals surface area contributed by atoms with E-state index in [1.165, 1.54) is 7.11 Å². The highest BCUT2D eigenvalue weighted by Gasteiger charge is 2.28. The molecule has 0 aliphatic carbocycles. The number of ether oxygens (including phenoxy) is 2. The van der Waals surface area contributed by atoms with E-state index >= 15 is 0 Å².